The van der Waals surface area contributed by atoms with E-state index in [-0.39, 0.29) is 30.6 Å². The number of aryl methyl sites for hydroxylation is 1. The van der Waals surface area contributed by atoms with Crippen LogP contribution in [0.4, 0.5) is 0 Å². The van der Waals surface area contributed by atoms with Gasteiger partial charge >= 0.3 is 5.97 Å². The van der Waals surface area contributed by atoms with E-state index in [2.05, 4.69) is 15.6 Å². The molecule has 3 heterocycles. The molecule has 33 heavy (non-hydrogen) atoms. The molecule has 4 rings (SSSR count). The number of amides is 2. The normalized spacial score (nSPS) is 22.8. The summed E-state index contributed by atoms with van der Waals surface area (Å²) in [5.74, 6) is -3.51. The molecule has 0 spiro atoms. The van der Waals surface area contributed by atoms with Crippen molar-refractivity contribution in [2.45, 2.75) is 57.7 Å². The van der Waals surface area contributed by atoms with Gasteiger partial charge in [-0.1, -0.05) is 13.8 Å². The molecule has 2 aromatic heterocycles. The van der Waals surface area contributed by atoms with Gasteiger partial charge < -0.3 is 20.3 Å². The van der Waals surface area contributed by atoms with Gasteiger partial charge in [0.25, 0.3) is 5.91 Å². The van der Waals surface area contributed by atoms with Crippen LogP contribution in [-0.2, 0) is 27.3 Å². The molecule has 0 saturated carbocycles. The van der Waals surface area contributed by atoms with E-state index in [1.165, 1.54) is 6.20 Å². The highest BCUT2D eigenvalue weighted by atomic mass is 16.4. The number of ketones is 1. The van der Waals surface area contributed by atoms with Gasteiger partial charge in [0, 0.05) is 43.3 Å². The summed E-state index contributed by atoms with van der Waals surface area (Å²) in [5.41, 5.74) is 2.19. The van der Waals surface area contributed by atoms with Crippen LogP contribution in [0.15, 0.2) is 36.8 Å². The van der Waals surface area contributed by atoms with E-state index >= 15 is 0 Å². The van der Waals surface area contributed by atoms with Crippen LogP contribution >= 0.6 is 0 Å². The molecule has 0 fully saturated rings. The lowest BCUT2D eigenvalue weighted by molar-refractivity contribution is -0.144. The molecule has 2 aromatic rings. The first-order chi connectivity index (χ1) is 15.8. The van der Waals surface area contributed by atoms with Crippen LogP contribution in [0.3, 0.4) is 0 Å². The highest BCUT2D eigenvalue weighted by Gasteiger charge is 2.42. The summed E-state index contributed by atoms with van der Waals surface area (Å²) < 4.78 is 1.85. The predicted octanol–water partition coefficient (Wildman–Crippen LogP) is 1.53. The highest BCUT2D eigenvalue weighted by Crippen LogP contribution is 2.38. The lowest BCUT2D eigenvalue weighted by atomic mass is 9.79. The fourth-order valence-corrected chi connectivity index (χ4v) is 4.85. The molecule has 1 aliphatic carbocycles. The second kappa shape index (κ2) is 9.17. The molecule has 0 saturated heterocycles. The molecule has 2 amide bonds. The van der Waals surface area contributed by atoms with Gasteiger partial charge in [0.1, 0.15) is 11.8 Å². The summed E-state index contributed by atoms with van der Waals surface area (Å²) in [4.78, 5) is 54.6. The van der Waals surface area contributed by atoms with Crippen LogP contribution in [0.25, 0.3) is 0 Å². The van der Waals surface area contributed by atoms with Gasteiger partial charge in [-0.2, -0.15) is 0 Å². The van der Waals surface area contributed by atoms with Crippen LogP contribution in [0.1, 0.15) is 54.2 Å². The van der Waals surface area contributed by atoms with Crippen molar-refractivity contribution in [3.63, 3.8) is 0 Å². The summed E-state index contributed by atoms with van der Waals surface area (Å²) in [7, 11) is 0. The number of hydrogen-bond donors (Lipinski definition) is 3. The quantitative estimate of drug-likeness (QED) is 0.609. The smallest absolute Gasteiger partial charge is 0.308 e. The Hall–Kier alpha value is -3.49. The molecule has 4 atom stereocenters. The Morgan fingerprint density at radius 2 is 2.03 bits per heavy atom. The van der Waals surface area contributed by atoms with Crippen molar-refractivity contribution in [2.75, 3.05) is 0 Å². The molecule has 9 nitrogen and oxygen atoms in total. The van der Waals surface area contributed by atoms with Crippen molar-refractivity contribution < 1.29 is 24.3 Å². The zero-order chi connectivity index (χ0) is 23.7. The minimum atomic E-state index is -0.997. The Bertz CT molecular complexity index is 1080. The zero-order valence-electron chi connectivity index (χ0n) is 18.7. The molecule has 2 aliphatic rings. The van der Waals surface area contributed by atoms with Crippen LogP contribution in [0.5, 0.6) is 0 Å². The SMILES string of the molecule is CC(C)C(NC(=O)c1cccnc1)C(=O)N[C@H]1CCc2ccn3c2C1C(=O)C[C@H](C(=O)O)C3. The van der Waals surface area contributed by atoms with E-state index in [1.807, 2.05) is 30.7 Å². The van der Waals surface area contributed by atoms with Crippen molar-refractivity contribution >= 4 is 23.6 Å². The lowest BCUT2D eigenvalue weighted by Crippen LogP contribution is -2.54. The van der Waals surface area contributed by atoms with Crippen LogP contribution in [0.2, 0.25) is 0 Å². The van der Waals surface area contributed by atoms with Crippen molar-refractivity contribution in [3.05, 3.63) is 53.6 Å². The molecule has 3 N–H and O–H groups in total. The van der Waals surface area contributed by atoms with Crippen molar-refractivity contribution in [3.8, 4) is 0 Å². The average molecular weight is 453 g/mol. The number of nitrogens with zero attached hydrogens (tertiary/aromatic N) is 2. The number of rotatable bonds is 6. The van der Waals surface area contributed by atoms with E-state index in [4.69, 9.17) is 0 Å². The standard InChI is InChI=1S/C24H28N4O5/c1-13(2)20(27-22(30)15-4-3-8-25-11-15)23(31)26-17-6-5-14-7-9-28-12-16(24(32)33)10-18(29)19(17)21(14)28/h3-4,7-9,11,13,16-17,19-20H,5-6,10,12H2,1-2H3,(H,26,31)(H,27,30)(H,32,33)/t16-,17-,19?,20?/m0/s1. The van der Waals surface area contributed by atoms with Gasteiger partial charge in [-0.15, -0.1) is 0 Å². The first kappa shape index (κ1) is 22.7. The lowest BCUT2D eigenvalue weighted by Gasteiger charge is -2.33. The van der Waals surface area contributed by atoms with E-state index in [0.29, 0.717) is 18.4 Å². The molecule has 9 heteroatoms. The van der Waals surface area contributed by atoms with Crippen molar-refractivity contribution in [2.24, 2.45) is 11.8 Å². The number of aromatic nitrogens is 2. The Kier molecular flexibility index (Phi) is 6.31. The molecule has 0 aromatic carbocycles. The summed E-state index contributed by atoms with van der Waals surface area (Å²) in [6.07, 6.45) is 6.02. The van der Waals surface area contributed by atoms with Crippen molar-refractivity contribution in [1.82, 2.24) is 20.2 Å². The Morgan fingerprint density at radius 3 is 2.70 bits per heavy atom. The van der Waals surface area contributed by atoms with E-state index in [0.717, 1.165) is 11.3 Å². The number of aliphatic carboxylic acids is 1. The van der Waals surface area contributed by atoms with Gasteiger partial charge in [0.15, 0.2) is 0 Å². The number of carboxylic acids is 1. The van der Waals surface area contributed by atoms with Gasteiger partial charge in [-0.25, -0.2) is 0 Å². The predicted molar refractivity (Wildman–Crippen MR) is 119 cm³/mol. The van der Waals surface area contributed by atoms with E-state index in [9.17, 15) is 24.3 Å². The maximum Gasteiger partial charge on any atom is 0.308 e. The van der Waals surface area contributed by atoms with E-state index < -0.39 is 35.8 Å². The number of carbonyl (C=O) groups excluding carboxylic acids is 3. The fraction of sp³-hybridized carbons (Fsp3) is 0.458. The van der Waals surface area contributed by atoms with Crippen molar-refractivity contribution in [1.29, 1.82) is 0 Å². The molecule has 1 aliphatic heterocycles. The second-order valence-electron chi connectivity index (χ2n) is 9.15. The Labute approximate surface area is 191 Å². The van der Waals surface area contributed by atoms with Gasteiger partial charge in [0.2, 0.25) is 5.91 Å². The van der Waals surface area contributed by atoms with Gasteiger partial charge in [0.05, 0.1) is 17.4 Å². The number of Topliss-reactive ketones (excluding diaryl/α,β-unsaturated/α-hetero) is 1. The summed E-state index contributed by atoms with van der Waals surface area (Å²) >= 11 is 0. The third-order valence-electron chi connectivity index (χ3n) is 6.56. The third kappa shape index (κ3) is 4.53. The zero-order valence-corrected chi connectivity index (χ0v) is 18.7. The van der Waals surface area contributed by atoms with Gasteiger partial charge in [-0.3, -0.25) is 24.2 Å². The Balaban J connectivity index is 1.54. The topological polar surface area (TPSA) is 130 Å². The second-order valence-corrected chi connectivity index (χ2v) is 9.15. The average Bonchev–Trinajstić information content (AvgIpc) is 3.12. The molecular formula is C24H28N4O5. The van der Waals surface area contributed by atoms with Crippen LogP contribution in [-0.4, -0.2) is 50.3 Å². The van der Waals surface area contributed by atoms with E-state index in [1.54, 1.807) is 18.3 Å². The van der Waals surface area contributed by atoms with Crippen LogP contribution in [0, 0.1) is 11.8 Å². The third-order valence-corrected chi connectivity index (χ3v) is 6.56. The molecule has 2 unspecified atom stereocenters. The summed E-state index contributed by atoms with van der Waals surface area (Å²) in [6, 6.07) is 3.95. The molecule has 0 bridgehead atoms. The Morgan fingerprint density at radius 1 is 1.24 bits per heavy atom. The molecular weight excluding hydrogens is 424 g/mol. The highest BCUT2D eigenvalue weighted by molar-refractivity contribution is 5.97. The minimum absolute atomic E-state index is 0.0706. The first-order valence-corrected chi connectivity index (χ1v) is 11.2. The molecule has 174 valence electrons. The number of hydrogen-bond acceptors (Lipinski definition) is 5. The monoisotopic (exact) mass is 452 g/mol. The number of carbonyl (C=O) groups is 4. The first-order valence-electron chi connectivity index (χ1n) is 11.2. The number of carboxylic acid groups (broad SMARTS) is 1. The minimum Gasteiger partial charge on any atom is -0.481 e. The number of pyridine rings is 1. The molecule has 0 radical (unpaired) electrons. The summed E-state index contributed by atoms with van der Waals surface area (Å²) in [6.45, 7) is 3.92. The maximum atomic E-state index is 13.2. The maximum absolute atomic E-state index is 13.2. The fourth-order valence-electron chi connectivity index (χ4n) is 4.85. The largest absolute Gasteiger partial charge is 0.481 e. The van der Waals surface area contributed by atoms with Crippen LogP contribution < -0.4 is 10.6 Å². The summed E-state index contributed by atoms with van der Waals surface area (Å²) in [5, 5.41) is 15.3. The van der Waals surface area contributed by atoms with Gasteiger partial charge in [-0.05, 0) is 42.5 Å². The number of nitrogens with one attached hydrogen (secondary N) is 2.